The molecule has 1 aromatic carbocycles. The van der Waals surface area contributed by atoms with Crippen molar-refractivity contribution in [2.24, 2.45) is 7.05 Å². The van der Waals surface area contributed by atoms with Gasteiger partial charge in [0, 0.05) is 22.4 Å². The minimum Gasteiger partial charge on any atom is -0.346 e. The van der Waals surface area contributed by atoms with Crippen LogP contribution in [-0.4, -0.2) is 15.7 Å². The van der Waals surface area contributed by atoms with E-state index < -0.39 is 0 Å². The van der Waals surface area contributed by atoms with Gasteiger partial charge in [0.1, 0.15) is 0 Å². The third-order valence-corrected chi connectivity index (χ3v) is 3.02. The first-order valence-electron chi connectivity index (χ1n) is 5.17. The summed E-state index contributed by atoms with van der Waals surface area (Å²) in [5.41, 5.74) is 1.52. The minimum absolute atomic E-state index is 0.0768. The summed E-state index contributed by atoms with van der Waals surface area (Å²) in [7, 11) is 1.85. The standard InChI is InChI=1S/C12H12IN3O/c1-16-7-6-11(15-16)8-14-12(17)9-2-4-10(13)5-3-9/h2-7H,8H2,1H3,(H,14,17). The number of aromatic nitrogens is 2. The van der Waals surface area contributed by atoms with Crippen LogP contribution in [0.1, 0.15) is 16.1 Å². The summed E-state index contributed by atoms with van der Waals surface area (Å²) in [4.78, 5) is 11.8. The van der Waals surface area contributed by atoms with Crippen molar-refractivity contribution in [1.29, 1.82) is 0 Å². The maximum Gasteiger partial charge on any atom is 0.251 e. The minimum atomic E-state index is -0.0768. The van der Waals surface area contributed by atoms with Gasteiger partial charge in [-0.25, -0.2) is 0 Å². The first-order chi connectivity index (χ1) is 8.15. The second kappa shape index (κ2) is 5.31. The van der Waals surface area contributed by atoms with Crippen molar-refractivity contribution < 1.29 is 4.79 Å². The van der Waals surface area contributed by atoms with Gasteiger partial charge in [0.15, 0.2) is 0 Å². The number of hydrogen-bond acceptors (Lipinski definition) is 2. The number of aryl methyl sites for hydroxylation is 1. The average Bonchev–Trinajstić information content (AvgIpc) is 2.73. The molecule has 0 saturated carbocycles. The van der Waals surface area contributed by atoms with Gasteiger partial charge in [0.05, 0.1) is 12.2 Å². The average molecular weight is 341 g/mol. The number of nitrogens with one attached hydrogen (secondary N) is 1. The highest BCUT2D eigenvalue weighted by Crippen LogP contribution is 2.06. The molecule has 0 spiro atoms. The van der Waals surface area contributed by atoms with Crippen LogP contribution in [0.25, 0.3) is 0 Å². The van der Waals surface area contributed by atoms with Crippen LogP contribution in [0.5, 0.6) is 0 Å². The van der Waals surface area contributed by atoms with Crippen molar-refractivity contribution in [2.45, 2.75) is 6.54 Å². The van der Waals surface area contributed by atoms with Gasteiger partial charge in [0.25, 0.3) is 5.91 Å². The van der Waals surface area contributed by atoms with Gasteiger partial charge in [-0.2, -0.15) is 5.10 Å². The van der Waals surface area contributed by atoms with Gasteiger partial charge < -0.3 is 5.32 Å². The zero-order valence-electron chi connectivity index (χ0n) is 9.35. The van der Waals surface area contributed by atoms with E-state index in [4.69, 9.17) is 0 Å². The molecule has 5 heteroatoms. The Labute approximate surface area is 113 Å². The summed E-state index contributed by atoms with van der Waals surface area (Å²) in [6.07, 6.45) is 1.85. The Bertz CT molecular complexity index is 519. The quantitative estimate of drug-likeness (QED) is 0.868. The molecule has 0 saturated heterocycles. The molecule has 1 amide bonds. The normalized spacial score (nSPS) is 10.2. The molecule has 0 unspecified atom stereocenters. The van der Waals surface area contributed by atoms with E-state index in [9.17, 15) is 4.79 Å². The van der Waals surface area contributed by atoms with Gasteiger partial charge in [-0.15, -0.1) is 0 Å². The van der Waals surface area contributed by atoms with Crippen LogP contribution in [0.2, 0.25) is 0 Å². The van der Waals surface area contributed by atoms with Crippen LogP contribution in [0.3, 0.4) is 0 Å². The lowest BCUT2D eigenvalue weighted by Gasteiger charge is -2.03. The van der Waals surface area contributed by atoms with Crippen molar-refractivity contribution in [1.82, 2.24) is 15.1 Å². The fourth-order valence-corrected chi connectivity index (χ4v) is 1.79. The first kappa shape index (κ1) is 12.1. The Morgan fingerprint density at radius 3 is 2.65 bits per heavy atom. The lowest BCUT2D eigenvalue weighted by molar-refractivity contribution is 0.0950. The first-order valence-corrected chi connectivity index (χ1v) is 6.25. The van der Waals surface area contributed by atoms with Crippen LogP contribution >= 0.6 is 22.6 Å². The zero-order chi connectivity index (χ0) is 12.3. The van der Waals surface area contributed by atoms with Crippen molar-refractivity contribution >= 4 is 28.5 Å². The SMILES string of the molecule is Cn1ccc(CNC(=O)c2ccc(I)cc2)n1. The number of hydrogen-bond donors (Lipinski definition) is 1. The van der Waals surface area contributed by atoms with Crippen molar-refractivity contribution in [2.75, 3.05) is 0 Å². The van der Waals surface area contributed by atoms with E-state index in [2.05, 4.69) is 33.0 Å². The molecule has 0 aliphatic carbocycles. The van der Waals surface area contributed by atoms with E-state index in [0.717, 1.165) is 9.26 Å². The molecule has 1 aromatic heterocycles. The molecule has 1 heterocycles. The van der Waals surface area contributed by atoms with Crippen LogP contribution in [-0.2, 0) is 13.6 Å². The molecule has 0 aliphatic heterocycles. The van der Waals surface area contributed by atoms with Gasteiger partial charge in [-0.1, -0.05) is 0 Å². The maximum atomic E-state index is 11.8. The van der Waals surface area contributed by atoms with E-state index >= 15 is 0 Å². The number of rotatable bonds is 3. The smallest absolute Gasteiger partial charge is 0.251 e. The van der Waals surface area contributed by atoms with E-state index in [-0.39, 0.29) is 5.91 Å². The van der Waals surface area contributed by atoms with Crippen molar-refractivity contribution in [3.05, 3.63) is 51.4 Å². The number of carbonyl (C=O) groups is 1. The Morgan fingerprint density at radius 1 is 1.35 bits per heavy atom. The zero-order valence-corrected chi connectivity index (χ0v) is 11.5. The molecule has 17 heavy (non-hydrogen) atoms. The predicted molar refractivity (Wildman–Crippen MR) is 73.5 cm³/mol. The third-order valence-electron chi connectivity index (χ3n) is 2.31. The molecule has 4 nitrogen and oxygen atoms in total. The molecule has 0 radical (unpaired) electrons. The number of carbonyl (C=O) groups excluding carboxylic acids is 1. The second-order valence-corrected chi connectivity index (χ2v) is 4.92. The fraction of sp³-hybridized carbons (Fsp3) is 0.167. The summed E-state index contributed by atoms with van der Waals surface area (Å²) in [6.45, 7) is 0.450. The van der Waals surface area contributed by atoms with Crippen LogP contribution < -0.4 is 5.32 Å². The molecular formula is C12H12IN3O. The Balaban J connectivity index is 1.95. The molecule has 0 fully saturated rings. The van der Waals surface area contributed by atoms with Gasteiger partial charge in [-0.3, -0.25) is 9.48 Å². The van der Waals surface area contributed by atoms with Crippen LogP contribution in [0.15, 0.2) is 36.5 Å². The van der Waals surface area contributed by atoms with Crippen molar-refractivity contribution in [3.8, 4) is 0 Å². The Morgan fingerprint density at radius 2 is 2.06 bits per heavy atom. The van der Waals surface area contributed by atoms with Crippen LogP contribution in [0.4, 0.5) is 0 Å². The van der Waals surface area contributed by atoms with E-state index in [1.54, 1.807) is 4.68 Å². The Kier molecular flexibility index (Phi) is 3.78. The summed E-state index contributed by atoms with van der Waals surface area (Å²) < 4.78 is 2.83. The molecule has 1 N–H and O–H groups in total. The number of nitrogens with zero attached hydrogens (tertiary/aromatic N) is 2. The van der Waals surface area contributed by atoms with E-state index in [1.165, 1.54) is 0 Å². The number of halogens is 1. The second-order valence-electron chi connectivity index (χ2n) is 3.67. The molecule has 88 valence electrons. The van der Waals surface area contributed by atoms with Crippen molar-refractivity contribution in [3.63, 3.8) is 0 Å². The summed E-state index contributed by atoms with van der Waals surface area (Å²) in [6, 6.07) is 9.34. The topological polar surface area (TPSA) is 46.9 Å². The van der Waals surface area contributed by atoms with Gasteiger partial charge >= 0.3 is 0 Å². The highest BCUT2D eigenvalue weighted by atomic mass is 127. The monoisotopic (exact) mass is 341 g/mol. The summed E-state index contributed by atoms with van der Waals surface area (Å²) in [5, 5.41) is 7.02. The summed E-state index contributed by atoms with van der Waals surface area (Å²) in [5.74, 6) is -0.0768. The molecule has 0 bridgehead atoms. The maximum absolute atomic E-state index is 11.8. The Hall–Kier alpha value is -1.37. The number of amides is 1. The van der Waals surface area contributed by atoms with E-state index in [0.29, 0.717) is 12.1 Å². The molecule has 0 atom stereocenters. The largest absolute Gasteiger partial charge is 0.346 e. The fourth-order valence-electron chi connectivity index (χ4n) is 1.43. The summed E-state index contributed by atoms with van der Waals surface area (Å²) >= 11 is 2.21. The predicted octanol–water partition coefficient (Wildman–Crippen LogP) is 1.95. The third kappa shape index (κ3) is 3.29. The van der Waals surface area contributed by atoms with Gasteiger partial charge in [-0.05, 0) is 52.9 Å². The lowest BCUT2D eigenvalue weighted by Crippen LogP contribution is -2.23. The van der Waals surface area contributed by atoms with E-state index in [1.807, 2.05) is 43.6 Å². The van der Waals surface area contributed by atoms with Crippen LogP contribution in [0, 0.1) is 3.57 Å². The molecule has 0 aliphatic rings. The van der Waals surface area contributed by atoms with Gasteiger partial charge in [0.2, 0.25) is 0 Å². The highest BCUT2D eigenvalue weighted by Gasteiger charge is 2.05. The lowest BCUT2D eigenvalue weighted by atomic mass is 10.2. The highest BCUT2D eigenvalue weighted by molar-refractivity contribution is 14.1. The number of benzene rings is 1. The molecule has 2 rings (SSSR count). The molecule has 2 aromatic rings. The molecular weight excluding hydrogens is 329 g/mol.